The van der Waals surface area contributed by atoms with Crippen molar-refractivity contribution < 1.29 is 0 Å². The van der Waals surface area contributed by atoms with Crippen molar-refractivity contribution in [1.29, 1.82) is 0 Å². The van der Waals surface area contributed by atoms with Gasteiger partial charge in [-0.3, -0.25) is 0 Å². The first-order valence-electron chi connectivity index (χ1n) is 6.81. The normalized spacial score (nSPS) is 17.6. The second-order valence-electron chi connectivity index (χ2n) is 5.31. The number of benzene rings is 1. The van der Waals surface area contributed by atoms with E-state index in [-0.39, 0.29) is 0 Å². The molecule has 0 amide bonds. The van der Waals surface area contributed by atoms with E-state index in [2.05, 4.69) is 34.1 Å². The van der Waals surface area contributed by atoms with Gasteiger partial charge in [0.2, 0.25) is 0 Å². The van der Waals surface area contributed by atoms with E-state index in [9.17, 15) is 0 Å². The Bertz CT molecular complexity index is 634. The molecule has 2 N–H and O–H groups in total. The Morgan fingerprint density at radius 2 is 2.00 bits per heavy atom. The number of nitrogen functional groups attached to an aromatic ring is 1. The number of hydrogen-bond acceptors (Lipinski definition) is 4. The Morgan fingerprint density at radius 3 is 2.84 bits per heavy atom. The second kappa shape index (κ2) is 3.95. The van der Waals surface area contributed by atoms with Crippen molar-refractivity contribution in [3.05, 3.63) is 41.7 Å². The average Bonchev–Trinajstić information content (AvgIpc) is 3.18. The van der Waals surface area contributed by atoms with Crippen molar-refractivity contribution in [3.63, 3.8) is 0 Å². The van der Waals surface area contributed by atoms with Crippen LogP contribution in [0.3, 0.4) is 0 Å². The topological polar surface area (TPSA) is 55.0 Å². The largest absolute Gasteiger partial charge is 0.384 e. The molecular weight excluding hydrogens is 236 g/mol. The van der Waals surface area contributed by atoms with Crippen LogP contribution < -0.4 is 10.6 Å². The number of nitrogens with zero attached hydrogens (tertiary/aromatic N) is 3. The van der Waals surface area contributed by atoms with Gasteiger partial charge < -0.3 is 10.6 Å². The molecule has 1 fully saturated rings. The SMILES string of the molecule is Nc1cc(N2CCc3ccccc32)nc(C2CC2)n1. The third-order valence-corrected chi connectivity index (χ3v) is 3.86. The summed E-state index contributed by atoms with van der Waals surface area (Å²) < 4.78 is 0. The summed E-state index contributed by atoms with van der Waals surface area (Å²) in [5.74, 6) is 2.97. The van der Waals surface area contributed by atoms with Gasteiger partial charge >= 0.3 is 0 Å². The van der Waals surface area contributed by atoms with E-state index in [0.29, 0.717) is 11.7 Å². The monoisotopic (exact) mass is 252 g/mol. The van der Waals surface area contributed by atoms with Crippen molar-refractivity contribution in [2.45, 2.75) is 25.2 Å². The number of aromatic nitrogens is 2. The fraction of sp³-hybridized carbons (Fsp3) is 0.333. The minimum Gasteiger partial charge on any atom is -0.384 e. The molecule has 1 aliphatic heterocycles. The third-order valence-electron chi connectivity index (χ3n) is 3.86. The van der Waals surface area contributed by atoms with Crippen LogP contribution in [0.2, 0.25) is 0 Å². The highest BCUT2D eigenvalue weighted by atomic mass is 15.2. The van der Waals surface area contributed by atoms with Gasteiger partial charge in [0, 0.05) is 24.2 Å². The molecule has 4 heteroatoms. The number of fused-ring (bicyclic) bond motifs is 1. The van der Waals surface area contributed by atoms with Gasteiger partial charge in [0.05, 0.1) is 0 Å². The lowest BCUT2D eigenvalue weighted by Gasteiger charge is -2.19. The van der Waals surface area contributed by atoms with Gasteiger partial charge in [-0.2, -0.15) is 0 Å². The smallest absolute Gasteiger partial charge is 0.138 e. The van der Waals surface area contributed by atoms with Crippen molar-refractivity contribution in [1.82, 2.24) is 9.97 Å². The predicted octanol–water partition coefficient (Wildman–Crippen LogP) is 2.63. The maximum absolute atomic E-state index is 5.93. The quantitative estimate of drug-likeness (QED) is 0.892. The Balaban J connectivity index is 1.77. The molecule has 0 saturated heterocycles. The summed E-state index contributed by atoms with van der Waals surface area (Å²) >= 11 is 0. The molecule has 0 unspecified atom stereocenters. The maximum Gasteiger partial charge on any atom is 0.138 e. The lowest BCUT2D eigenvalue weighted by Crippen LogP contribution is -2.16. The molecule has 0 spiro atoms. The molecule has 1 saturated carbocycles. The molecule has 0 atom stereocenters. The highest BCUT2D eigenvalue weighted by Crippen LogP contribution is 2.40. The molecule has 4 nitrogen and oxygen atoms in total. The molecule has 0 radical (unpaired) electrons. The van der Waals surface area contributed by atoms with E-state index in [0.717, 1.165) is 24.6 Å². The van der Waals surface area contributed by atoms with E-state index in [1.807, 2.05) is 6.07 Å². The van der Waals surface area contributed by atoms with E-state index in [1.165, 1.54) is 24.1 Å². The predicted molar refractivity (Wildman–Crippen MR) is 75.6 cm³/mol. The van der Waals surface area contributed by atoms with Crippen LogP contribution in [0.1, 0.15) is 30.1 Å². The fourth-order valence-corrected chi connectivity index (χ4v) is 2.71. The molecule has 96 valence electrons. The van der Waals surface area contributed by atoms with Crippen LogP contribution in [0.4, 0.5) is 17.3 Å². The highest BCUT2D eigenvalue weighted by molar-refractivity contribution is 5.68. The minimum absolute atomic E-state index is 0.528. The molecule has 2 aliphatic rings. The number of hydrogen-bond donors (Lipinski definition) is 1. The van der Waals surface area contributed by atoms with Gasteiger partial charge in [-0.1, -0.05) is 18.2 Å². The van der Waals surface area contributed by atoms with Crippen LogP contribution in [0.15, 0.2) is 30.3 Å². The molecule has 1 aromatic carbocycles. The average molecular weight is 252 g/mol. The van der Waals surface area contributed by atoms with Crippen molar-refractivity contribution in [2.24, 2.45) is 0 Å². The summed E-state index contributed by atoms with van der Waals surface area (Å²) in [5, 5.41) is 0. The van der Waals surface area contributed by atoms with Gasteiger partial charge in [0.15, 0.2) is 0 Å². The third kappa shape index (κ3) is 1.84. The fourth-order valence-electron chi connectivity index (χ4n) is 2.71. The number of rotatable bonds is 2. The van der Waals surface area contributed by atoms with Crippen molar-refractivity contribution in [2.75, 3.05) is 17.2 Å². The first-order chi connectivity index (χ1) is 9.31. The zero-order valence-electron chi connectivity index (χ0n) is 10.7. The van der Waals surface area contributed by atoms with Crippen LogP contribution in [0.25, 0.3) is 0 Å². The Hall–Kier alpha value is -2.10. The standard InChI is InChI=1S/C15H16N4/c16-13-9-14(18-15(17-13)11-5-6-11)19-8-7-10-3-1-2-4-12(10)19/h1-4,9,11H,5-8H2,(H2,16,17,18). The summed E-state index contributed by atoms with van der Waals surface area (Å²) in [6.45, 7) is 0.972. The lowest BCUT2D eigenvalue weighted by atomic mass is 10.2. The first-order valence-corrected chi connectivity index (χ1v) is 6.81. The van der Waals surface area contributed by atoms with Crippen LogP contribution in [-0.2, 0) is 6.42 Å². The number of anilines is 3. The minimum atomic E-state index is 0.528. The van der Waals surface area contributed by atoms with Crippen LogP contribution in [-0.4, -0.2) is 16.5 Å². The zero-order chi connectivity index (χ0) is 12.8. The second-order valence-corrected chi connectivity index (χ2v) is 5.31. The number of nitrogens with two attached hydrogens (primary N) is 1. The van der Waals surface area contributed by atoms with Crippen LogP contribution in [0.5, 0.6) is 0 Å². The molecule has 1 aromatic heterocycles. The van der Waals surface area contributed by atoms with E-state index < -0.39 is 0 Å². The van der Waals surface area contributed by atoms with E-state index in [4.69, 9.17) is 10.7 Å². The Morgan fingerprint density at radius 1 is 1.16 bits per heavy atom. The van der Waals surface area contributed by atoms with Gasteiger partial charge in [-0.05, 0) is 30.9 Å². The number of para-hydroxylation sites is 1. The molecule has 19 heavy (non-hydrogen) atoms. The maximum atomic E-state index is 5.93. The molecule has 1 aliphatic carbocycles. The van der Waals surface area contributed by atoms with E-state index >= 15 is 0 Å². The van der Waals surface area contributed by atoms with E-state index in [1.54, 1.807) is 0 Å². The molecule has 4 rings (SSSR count). The Kier molecular flexibility index (Phi) is 2.24. The summed E-state index contributed by atoms with van der Waals surface area (Å²) in [7, 11) is 0. The van der Waals surface area contributed by atoms with Gasteiger partial charge in [-0.15, -0.1) is 0 Å². The van der Waals surface area contributed by atoms with Crippen molar-refractivity contribution >= 4 is 17.3 Å². The summed E-state index contributed by atoms with van der Waals surface area (Å²) in [4.78, 5) is 11.3. The summed E-state index contributed by atoms with van der Waals surface area (Å²) in [6, 6.07) is 10.4. The summed E-state index contributed by atoms with van der Waals surface area (Å²) in [5.41, 5.74) is 8.57. The molecular formula is C15H16N4. The first kappa shape index (κ1) is 10.8. The zero-order valence-corrected chi connectivity index (χ0v) is 10.7. The molecule has 2 aromatic rings. The summed E-state index contributed by atoms with van der Waals surface area (Å²) in [6.07, 6.45) is 3.46. The lowest BCUT2D eigenvalue weighted by molar-refractivity contribution is 0.898. The Labute approximate surface area is 112 Å². The van der Waals surface area contributed by atoms with Gasteiger partial charge in [-0.25, -0.2) is 9.97 Å². The highest BCUT2D eigenvalue weighted by Gasteiger charge is 2.29. The van der Waals surface area contributed by atoms with Crippen LogP contribution in [0, 0.1) is 0 Å². The molecule has 2 heterocycles. The molecule has 0 bridgehead atoms. The van der Waals surface area contributed by atoms with Gasteiger partial charge in [0.25, 0.3) is 0 Å². The van der Waals surface area contributed by atoms with Gasteiger partial charge in [0.1, 0.15) is 17.5 Å². The van der Waals surface area contributed by atoms with Crippen molar-refractivity contribution in [3.8, 4) is 0 Å². The van der Waals surface area contributed by atoms with Crippen LogP contribution >= 0.6 is 0 Å².